The Kier molecular flexibility index (Phi) is 5.54. The standard InChI is InChI=1S/C15H15ClN2O3S/c16-12-5-4-6-13(11-12)18-15(19)9-10-17-22(20,21)14-7-2-1-3-8-14/h1-8,11,17H,9-10H2,(H,18,19). The Labute approximate surface area is 134 Å². The predicted octanol–water partition coefficient (Wildman–Crippen LogP) is 2.65. The number of rotatable bonds is 6. The number of amides is 1. The number of carbonyl (C=O) groups excluding carboxylic acids is 1. The zero-order chi connectivity index (χ0) is 16.0. The molecule has 0 saturated carbocycles. The first-order valence-electron chi connectivity index (χ1n) is 6.57. The SMILES string of the molecule is O=C(CCNS(=O)(=O)c1ccccc1)Nc1cccc(Cl)c1. The highest BCUT2D eigenvalue weighted by Crippen LogP contribution is 2.15. The first kappa shape index (κ1) is 16.5. The Morgan fingerprint density at radius 1 is 1.05 bits per heavy atom. The maximum atomic E-state index is 12.0. The summed E-state index contributed by atoms with van der Waals surface area (Å²) >= 11 is 5.82. The Hall–Kier alpha value is -1.89. The molecule has 0 aliphatic rings. The summed E-state index contributed by atoms with van der Waals surface area (Å²) < 4.78 is 26.3. The van der Waals surface area contributed by atoms with Crippen LogP contribution in [0.5, 0.6) is 0 Å². The van der Waals surface area contributed by atoms with Crippen LogP contribution in [0, 0.1) is 0 Å². The summed E-state index contributed by atoms with van der Waals surface area (Å²) in [7, 11) is -3.59. The molecule has 5 nitrogen and oxygen atoms in total. The number of benzene rings is 2. The lowest BCUT2D eigenvalue weighted by molar-refractivity contribution is -0.116. The van der Waals surface area contributed by atoms with Crippen LogP contribution in [-0.2, 0) is 14.8 Å². The monoisotopic (exact) mass is 338 g/mol. The Morgan fingerprint density at radius 2 is 1.77 bits per heavy atom. The van der Waals surface area contributed by atoms with Gasteiger partial charge in [-0.1, -0.05) is 35.9 Å². The van der Waals surface area contributed by atoms with Gasteiger partial charge in [0.05, 0.1) is 4.90 Å². The fourth-order valence-corrected chi connectivity index (χ4v) is 3.01. The molecule has 0 saturated heterocycles. The molecule has 0 bridgehead atoms. The maximum Gasteiger partial charge on any atom is 0.240 e. The summed E-state index contributed by atoms with van der Waals surface area (Å²) in [5.41, 5.74) is 0.573. The Balaban J connectivity index is 1.85. The highest BCUT2D eigenvalue weighted by atomic mass is 35.5. The molecule has 0 aromatic heterocycles. The average molecular weight is 339 g/mol. The second kappa shape index (κ2) is 7.40. The van der Waals surface area contributed by atoms with Gasteiger partial charge in [-0.05, 0) is 30.3 Å². The molecule has 0 spiro atoms. The van der Waals surface area contributed by atoms with Crippen molar-refractivity contribution in [3.05, 3.63) is 59.6 Å². The molecular weight excluding hydrogens is 324 g/mol. The molecule has 2 aromatic carbocycles. The lowest BCUT2D eigenvalue weighted by atomic mass is 10.3. The molecule has 0 radical (unpaired) electrons. The molecule has 1 amide bonds. The lowest BCUT2D eigenvalue weighted by Crippen LogP contribution is -2.27. The summed E-state index contributed by atoms with van der Waals surface area (Å²) in [6, 6.07) is 14.7. The number of hydrogen-bond donors (Lipinski definition) is 2. The van der Waals surface area contributed by atoms with Crippen molar-refractivity contribution in [3.63, 3.8) is 0 Å². The van der Waals surface area contributed by atoms with Gasteiger partial charge in [-0.15, -0.1) is 0 Å². The minimum Gasteiger partial charge on any atom is -0.326 e. The van der Waals surface area contributed by atoms with Gasteiger partial charge in [0.1, 0.15) is 0 Å². The average Bonchev–Trinajstić information content (AvgIpc) is 2.48. The zero-order valence-electron chi connectivity index (χ0n) is 11.6. The normalized spacial score (nSPS) is 11.1. The second-order valence-electron chi connectivity index (χ2n) is 4.52. The molecule has 0 unspecified atom stereocenters. The van der Waals surface area contributed by atoms with Crippen LogP contribution in [-0.4, -0.2) is 20.9 Å². The van der Waals surface area contributed by atoms with Crippen LogP contribution in [0.1, 0.15) is 6.42 Å². The molecule has 7 heteroatoms. The minimum atomic E-state index is -3.59. The summed E-state index contributed by atoms with van der Waals surface area (Å²) in [6.45, 7) is 0.0175. The third-order valence-corrected chi connectivity index (χ3v) is 4.52. The van der Waals surface area contributed by atoms with E-state index in [-0.39, 0.29) is 23.8 Å². The molecule has 0 atom stereocenters. The van der Waals surface area contributed by atoms with E-state index in [0.29, 0.717) is 10.7 Å². The number of sulfonamides is 1. The van der Waals surface area contributed by atoms with Gasteiger partial charge in [0.25, 0.3) is 0 Å². The molecule has 116 valence electrons. The van der Waals surface area contributed by atoms with Gasteiger partial charge in [0, 0.05) is 23.7 Å². The van der Waals surface area contributed by atoms with Crippen molar-refractivity contribution >= 4 is 33.2 Å². The topological polar surface area (TPSA) is 75.3 Å². The third-order valence-electron chi connectivity index (χ3n) is 2.81. The molecule has 22 heavy (non-hydrogen) atoms. The minimum absolute atomic E-state index is 0.0175. The van der Waals surface area contributed by atoms with Crippen LogP contribution in [0.4, 0.5) is 5.69 Å². The largest absolute Gasteiger partial charge is 0.326 e. The van der Waals surface area contributed by atoms with Crippen LogP contribution < -0.4 is 10.0 Å². The molecule has 0 heterocycles. The molecule has 2 N–H and O–H groups in total. The third kappa shape index (κ3) is 4.84. The van der Waals surface area contributed by atoms with Crippen LogP contribution in [0.3, 0.4) is 0 Å². The molecule has 0 aliphatic heterocycles. The summed E-state index contributed by atoms with van der Waals surface area (Å²) in [5, 5.41) is 3.17. The van der Waals surface area contributed by atoms with Crippen molar-refractivity contribution in [1.82, 2.24) is 4.72 Å². The Morgan fingerprint density at radius 3 is 2.45 bits per heavy atom. The summed E-state index contributed by atoms with van der Waals surface area (Å²) in [4.78, 5) is 11.9. The van der Waals surface area contributed by atoms with E-state index in [1.165, 1.54) is 12.1 Å². The van der Waals surface area contributed by atoms with Crippen molar-refractivity contribution < 1.29 is 13.2 Å². The maximum absolute atomic E-state index is 12.0. The van der Waals surface area contributed by atoms with E-state index in [1.807, 2.05) is 0 Å². The number of carbonyl (C=O) groups is 1. The molecule has 0 aliphatic carbocycles. The molecule has 0 fully saturated rings. The number of anilines is 1. The highest BCUT2D eigenvalue weighted by Gasteiger charge is 2.13. The van der Waals surface area contributed by atoms with Crippen molar-refractivity contribution in [2.24, 2.45) is 0 Å². The van der Waals surface area contributed by atoms with E-state index in [9.17, 15) is 13.2 Å². The van der Waals surface area contributed by atoms with E-state index in [4.69, 9.17) is 11.6 Å². The quantitative estimate of drug-likeness (QED) is 0.850. The van der Waals surface area contributed by atoms with E-state index >= 15 is 0 Å². The van der Waals surface area contributed by atoms with Crippen LogP contribution in [0.25, 0.3) is 0 Å². The van der Waals surface area contributed by atoms with Gasteiger partial charge >= 0.3 is 0 Å². The summed E-state index contributed by atoms with van der Waals surface area (Å²) in [5.74, 6) is -0.293. The van der Waals surface area contributed by atoms with Gasteiger partial charge in [-0.2, -0.15) is 0 Å². The number of nitrogens with one attached hydrogen (secondary N) is 2. The van der Waals surface area contributed by atoms with E-state index in [1.54, 1.807) is 42.5 Å². The number of hydrogen-bond acceptors (Lipinski definition) is 3. The van der Waals surface area contributed by atoms with Gasteiger partial charge in [0.15, 0.2) is 0 Å². The molecule has 2 aromatic rings. The van der Waals surface area contributed by atoms with Crippen LogP contribution >= 0.6 is 11.6 Å². The zero-order valence-corrected chi connectivity index (χ0v) is 13.2. The fourth-order valence-electron chi connectivity index (χ4n) is 1.77. The summed E-state index contributed by atoms with van der Waals surface area (Å²) in [6.07, 6.45) is 0.0264. The first-order chi connectivity index (χ1) is 10.5. The van der Waals surface area contributed by atoms with Gasteiger partial charge in [0.2, 0.25) is 15.9 Å². The van der Waals surface area contributed by atoms with Crippen LogP contribution in [0.2, 0.25) is 5.02 Å². The fraction of sp³-hybridized carbons (Fsp3) is 0.133. The highest BCUT2D eigenvalue weighted by molar-refractivity contribution is 7.89. The van der Waals surface area contributed by atoms with Crippen molar-refractivity contribution in [2.45, 2.75) is 11.3 Å². The van der Waals surface area contributed by atoms with Crippen molar-refractivity contribution in [1.29, 1.82) is 0 Å². The van der Waals surface area contributed by atoms with Gasteiger partial charge in [-0.3, -0.25) is 4.79 Å². The first-order valence-corrected chi connectivity index (χ1v) is 8.43. The van der Waals surface area contributed by atoms with E-state index in [0.717, 1.165) is 0 Å². The van der Waals surface area contributed by atoms with E-state index in [2.05, 4.69) is 10.0 Å². The van der Waals surface area contributed by atoms with E-state index < -0.39 is 10.0 Å². The predicted molar refractivity (Wildman–Crippen MR) is 86.3 cm³/mol. The molecular formula is C15H15ClN2O3S. The van der Waals surface area contributed by atoms with Gasteiger partial charge in [-0.25, -0.2) is 13.1 Å². The lowest BCUT2D eigenvalue weighted by Gasteiger charge is -2.07. The Bertz CT molecular complexity index is 748. The van der Waals surface area contributed by atoms with Gasteiger partial charge < -0.3 is 5.32 Å². The second-order valence-corrected chi connectivity index (χ2v) is 6.72. The van der Waals surface area contributed by atoms with Crippen LogP contribution in [0.15, 0.2) is 59.5 Å². The van der Waals surface area contributed by atoms with Crippen molar-refractivity contribution in [2.75, 3.05) is 11.9 Å². The smallest absolute Gasteiger partial charge is 0.240 e. The molecule has 2 rings (SSSR count). The van der Waals surface area contributed by atoms with Crippen molar-refractivity contribution in [3.8, 4) is 0 Å². The number of halogens is 1.